The Hall–Kier alpha value is -2.95. The summed E-state index contributed by atoms with van der Waals surface area (Å²) < 4.78 is 25.8. The summed E-state index contributed by atoms with van der Waals surface area (Å²) in [6, 6.07) is 15.7. The molecule has 0 bridgehead atoms. The van der Waals surface area contributed by atoms with Gasteiger partial charge in [0.15, 0.2) is 5.82 Å². The number of rotatable bonds is 24. The molecule has 1 heterocycles. The van der Waals surface area contributed by atoms with Crippen molar-refractivity contribution in [2.45, 2.75) is 129 Å². The van der Waals surface area contributed by atoms with Gasteiger partial charge in [-0.1, -0.05) is 122 Å². The number of unbranched alkanes of at least 4 members (excludes halogenated alkanes) is 14. The van der Waals surface area contributed by atoms with Crippen LogP contribution in [-0.4, -0.2) is 29.4 Å². The van der Waals surface area contributed by atoms with Gasteiger partial charge in [-0.25, -0.2) is 14.4 Å². The Labute approximate surface area is 260 Å². The average Bonchev–Trinajstić information content (AvgIpc) is 3.05. The second-order valence-electron chi connectivity index (χ2n) is 11.8. The van der Waals surface area contributed by atoms with Crippen LogP contribution in [0.4, 0.5) is 4.39 Å². The fourth-order valence-electron chi connectivity index (χ4n) is 5.27. The van der Waals surface area contributed by atoms with Crippen molar-refractivity contribution in [1.82, 2.24) is 9.97 Å². The van der Waals surface area contributed by atoms with E-state index < -0.39 is 6.17 Å². The van der Waals surface area contributed by atoms with E-state index in [0.29, 0.717) is 18.0 Å². The highest BCUT2D eigenvalue weighted by Crippen LogP contribution is 2.25. The summed E-state index contributed by atoms with van der Waals surface area (Å²) >= 11 is 0. The number of benzene rings is 2. The molecule has 4 nitrogen and oxygen atoms in total. The number of hydrogen-bond acceptors (Lipinski definition) is 4. The Bertz CT molecular complexity index is 1090. The fourth-order valence-corrected chi connectivity index (χ4v) is 5.27. The van der Waals surface area contributed by atoms with Gasteiger partial charge in [-0.3, -0.25) is 0 Å². The zero-order valence-electron chi connectivity index (χ0n) is 26.9. The van der Waals surface area contributed by atoms with Crippen LogP contribution in [0.25, 0.3) is 22.5 Å². The molecule has 43 heavy (non-hydrogen) atoms. The fraction of sp³-hybridized carbons (Fsp3) is 0.579. The van der Waals surface area contributed by atoms with Crippen molar-refractivity contribution in [3.05, 3.63) is 60.9 Å². The highest BCUT2D eigenvalue weighted by molar-refractivity contribution is 5.64. The molecule has 2 aromatic carbocycles. The smallest absolute Gasteiger partial charge is 0.159 e. The van der Waals surface area contributed by atoms with Crippen LogP contribution in [0.5, 0.6) is 11.5 Å². The highest BCUT2D eigenvalue weighted by atomic mass is 19.1. The molecule has 236 valence electrons. The first-order valence-electron chi connectivity index (χ1n) is 17.1. The molecule has 0 amide bonds. The average molecular weight is 591 g/mol. The van der Waals surface area contributed by atoms with E-state index in [4.69, 9.17) is 9.47 Å². The molecule has 0 N–H and O–H groups in total. The Morgan fingerprint density at radius 3 is 1.56 bits per heavy atom. The molecule has 0 aliphatic heterocycles. The van der Waals surface area contributed by atoms with Gasteiger partial charge in [-0.2, -0.15) is 0 Å². The summed E-state index contributed by atoms with van der Waals surface area (Å²) in [5.74, 6) is 2.26. The third-order valence-electron chi connectivity index (χ3n) is 8.02. The third kappa shape index (κ3) is 14.4. The van der Waals surface area contributed by atoms with E-state index in [-0.39, 0.29) is 6.61 Å². The van der Waals surface area contributed by atoms with Crippen molar-refractivity contribution in [1.29, 1.82) is 0 Å². The molecule has 1 aromatic heterocycles. The molecule has 0 aliphatic carbocycles. The number of aromatic nitrogens is 2. The lowest BCUT2D eigenvalue weighted by Crippen LogP contribution is -2.12. The maximum Gasteiger partial charge on any atom is 0.159 e. The van der Waals surface area contributed by atoms with Crippen molar-refractivity contribution in [2.24, 2.45) is 0 Å². The molecule has 0 aliphatic rings. The van der Waals surface area contributed by atoms with E-state index in [1.165, 1.54) is 83.5 Å². The summed E-state index contributed by atoms with van der Waals surface area (Å²) in [7, 11) is 0. The molecule has 5 heteroatoms. The molecular weight excluding hydrogens is 535 g/mol. The van der Waals surface area contributed by atoms with Gasteiger partial charge in [0, 0.05) is 23.5 Å². The predicted molar refractivity (Wildman–Crippen MR) is 179 cm³/mol. The molecular formula is C38H55FN2O2. The van der Waals surface area contributed by atoms with Gasteiger partial charge in [0.05, 0.1) is 6.61 Å². The SMILES string of the molecule is CCCCCCCCCCCCOc1ccc(-c2ncc(-c3ccc(OCC(F)CCCCCCCC)cc3)cn2)cc1. The molecule has 3 aromatic rings. The molecule has 0 radical (unpaired) electrons. The predicted octanol–water partition coefficient (Wildman–Crippen LogP) is 11.6. The topological polar surface area (TPSA) is 44.2 Å². The second kappa shape index (κ2) is 21.7. The normalized spacial score (nSPS) is 11.9. The van der Waals surface area contributed by atoms with Crippen molar-refractivity contribution < 1.29 is 13.9 Å². The van der Waals surface area contributed by atoms with E-state index in [0.717, 1.165) is 48.3 Å². The van der Waals surface area contributed by atoms with E-state index in [1.807, 2.05) is 60.9 Å². The van der Waals surface area contributed by atoms with Gasteiger partial charge < -0.3 is 9.47 Å². The van der Waals surface area contributed by atoms with Gasteiger partial charge in [0.25, 0.3) is 0 Å². The largest absolute Gasteiger partial charge is 0.494 e. The number of hydrogen-bond donors (Lipinski definition) is 0. The highest BCUT2D eigenvalue weighted by Gasteiger charge is 2.09. The number of ether oxygens (including phenoxy) is 2. The molecule has 3 rings (SSSR count). The van der Waals surface area contributed by atoms with Gasteiger partial charge in [-0.05, 0) is 54.8 Å². The lowest BCUT2D eigenvalue weighted by atomic mass is 10.1. The molecule has 1 unspecified atom stereocenters. The van der Waals surface area contributed by atoms with Crippen molar-refractivity contribution in [2.75, 3.05) is 13.2 Å². The van der Waals surface area contributed by atoms with Gasteiger partial charge in [-0.15, -0.1) is 0 Å². The molecule has 0 spiro atoms. The Morgan fingerprint density at radius 1 is 0.535 bits per heavy atom. The summed E-state index contributed by atoms with van der Waals surface area (Å²) in [6.07, 6.45) is 23.6. The maximum atomic E-state index is 14.2. The first-order chi connectivity index (χ1) is 21.2. The zero-order chi connectivity index (χ0) is 30.4. The standard InChI is InChI=1S/C38H55FN2O2/c1-3-5-7-9-11-12-13-14-16-18-28-42-36-26-22-33(23-27-36)38-40-29-34(30-41-38)32-20-24-37(25-21-32)43-31-35(39)19-17-15-10-8-6-4-2/h20-27,29-30,35H,3-19,28,31H2,1-2H3. The summed E-state index contributed by atoms with van der Waals surface area (Å²) in [6.45, 7) is 5.35. The molecule has 0 fully saturated rings. The van der Waals surface area contributed by atoms with Crippen LogP contribution >= 0.6 is 0 Å². The van der Waals surface area contributed by atoms with E-state index in [2.05, 4.69) is 23.8 Å². The van der Waals surface area contributed by atoms with Crippen molar-refractivity contribution in [3.63, 3.8) is 0 Å². The minimum Gasteiger partial charge on any atom is -0.494 e. The van der Waals surface area contributed by atoms with Crippen LogP contribution in [0.15, 0.2) is 60.9 Å². The minimum atomic E-state index is -0.919. The van der Waals surface area contributed by atoms with Crippen LogP contribution in [-0.2, 0) is 0 Å². The van der Waals surface area contributed by atoms with E-state index in [9.17, 15) is 4.39 Å². The van der Waals surface area contributed by atoms with E-state index >= 15 is 0 Å². The second-order valence-corrected chi connectivity index (χ2v) is 11.8. The molecule has 1 atom stereocenters. The van der Waals surface area contributed by atoms with Crippen LogP contribution in [0.3, 0.4) is 0 Å². The van der Waals surface area contributed by atoms with Crippen molar-refractivity contribution in [3.8, 4) is 34.0 Å². The Kier molecular flexibility index (Phi) is 17.4. The third-order valence-corrected chi connectivity index (χ3v) is 8.02. The van der Waals surface area contributed by atoms with Gasteiger partial charge >= 0.3 is 0 Å². The van der Waals surface area contributed by atoms with Crippen molar-refractivity contribution >= 4 is 0 Å². The quantitative estimate of drug-likeness (QED) is 0.0973. The lowest BCUT2D eigenvalue weighted by molar-refractivity contribution is 0.184. The minimum absolute atomic E-state index is 0.106. The number of alkyl halides is 1. The maximum absolute atomic E-state index is 14.2. The molecule has 0 saturated heterocycles. The van der Waals surface area contributed by atoms with Gasteiger partial charge in [0.2, 0.25) is 0 Å². The van der Waals surface area contributed by atoms with E-state index in [1.54, 1.807) is 0 Å². The van der Waals surface area contributed by atoms with Crippen LogP contribution < -0.4 is 9.47 Å². The Morgan fingerprint density at radius 2 is 1.00 bits per heavy atom. The lowest BCUT2D eigenvalue weighted by Gasteiger charge is -2.11. The first-order valence-corrected chi connectivity index (χ1v) is 17.1. The summed E-state index contributed by atoms with van der Waals surface area (Å²) in [5.41, 5.74) is 2.89. The summed E-state index contributed by atoms with van der Waals surface area (Å²) in [4.78, 5) is 9.18. The van der Waals surface area contributed by atoms with Crippen LogP contribution in [0.1, 0.15) is 123 Å². The Balaban J connectivity index is 1.33. The number of nitrogens with zero attached hydrogens (tertiary/aromatic N) is 2. The molecule has 0 saturated carbocycles. The van der Waals surface area contributed by atoms with Crippen LogP contribution in [0.2, 0.25) is 0 Å². The number of halogens is 1. The van der Waals surface area contributed by atoms with Gasteiger partial charge in [0.1, 0.15) is 24.3 Å². The zero-order valence-corrected chi connectivity index (χ0v) is 26.9. The summed E-state index contributed by atoms with van der Waals surface area (Å²) in [5, 5.41) is 0. The van der Waals surface area contributed by atoms with Crippen LogP contribution in [0, 0.1) is 0 Å². The first kappa shape index (κ1) is 34.5. The monoisotopic (exact) mass is 590 g/mol.